The molecule has 0 radical (unpaired) electrons. The summed E-state index contributed by atoms with van der Waals surface area (Å²) < 4.78 is 5.51. The number of aryl methyl sites for hydroxylation is 2. The molecule has 0 fully saturated rings. The predicted octanol–water partition coefficient (Wildman–Crippen LogP) is 5.63. The van der Waals surface area contributed by atoms with Crippen LogP contribution >= 0.6 is 11.6 Å². The van der Waals surface area contributed by atoms with Crippen LogP contribution in [0.5, 0.6) is 0 Å². The third-order valence-electron chi connectivity index (χ3n) is 3.82. The van der Waals surface area contributed by atoms with Crippen LogP contribution in [0, 0.1) is 6.92 Å². The smallest absolute Gasteiger partial charge is 0.108 e. The van der Waals surface area contributed by atoms with Gasteiger partial charge < -0.3 is 4.42 Å². The van der Waals surface area contributed by atoms with Gasteiger partial charge in [-0.2, -0.15) is 0 Å². The van der Waals surface area contributed by atoms with E-state index >= 15 is 0 Å². The summed E-state index contributed by atoms with van der Waals surface area (Å²) in [6, 6.07) is 14.7. The zero-order valence-corrected chi connectivity index (χ0v) is 12.4. The van der Waals surface area contributed by atoms with Crippen molar-refractivity contribution >= 4 is 22.4 Å². The fourth-order valence-corrected chi connectivity index (χ4v) is 3.11. The Morgan fingerprint density at radius 3 is 2.50 bits per heavy atom. The molecule has 2 aromatic carbocycles. The Kier molecular flexibility index (Phi) is 3.54. The van der Waals surface area contributed by atoms with E-state index in [1.165, 1.54) is 16.3 Å². The molecule has 0 N–H and O–H groups in total. The first kappa shape index (κ1) is 13.3. The van der Waals surface area contributed by atoms with Crippen LogP contribution in [0.4, 0.5) is 0 Å². The Morgan fingerprint density at radius 2 is 1.75 bits per heavy atom. The van der Waals surface area contributed by atoms with Crippen LogP contribution in [0.25, 0.3) is 10.8 Å². The maximum Gasteiger partial charge on any atom is 0.108 e. The second-order valence-corrected chi connectivity index (χ2v) is 5.47. The van der Waals surface area contributed by atoms with Crippen molar-refractivity contribution < 1.29 is 4.42 Å². The number of hydrogen-bond acceptors (Lipinski definition) is 1. The van der Waals surface area contributed by atoms with Crippen molar-refractivity contribution in [3.8, 4) is 0 Å². The summed E-state index contributed by atoms with van der Waals surface area (Å²) in [5, 5.41) is 2.31. The molecule has 1 atom stereocenters. The minimum absolute atomic E-state index is 0.172. The first-order chi connectivity index (χ1) is 9.72. The van der Waals surface area contributed by atoms with E-state index in [9.17, 15) is 0 Å². The van der Waals surface area contributed by atoms with E-state index in [2.05, 4.69) is 50.2 Å². The van der Waals surface area contributed by atoms with E-state index in [1.54, 1.807) is 6.26 Å². The molecular weight excluding hydrogens is 268 g/mol. The lowest BCUT2D eigenvalue weighted by atomic mass is 9.95. The number of benzene rings is 2. The molecule has 1 nitrogen and oxygen atoms in total. The highest BCUT2D eigenvalue weighted by Crippen LogP contribution is 2.36. The molecule has 2 heteroatoms. The van der Waals surface area contributed by atoms with Crippen molar-refractivity contribution in [1.82, 2.24) is 0 Å². The van der Waals surface area contributed by atoms with Gasteiger partial charge in [-0.3, -0.25) is 0 Å². The molecule has 102 valence electrons. The van der Waals surface area contributed by atoms with Gasteiger partial charge in [0.2, 0.25) is 0 Å². The Labute approximate surface area is 124 Å². The maximum atomic E-state index is 6.73. The molecule has 1 aromatic heterocycles. The van der Waals surface area contributed by atoms with Crippen LogP contribution < -0.4 is 0 Å². The Morgan fingerprint density at radius 1 is 1.00 bits per heavy atom. The fourth-order valence-electron chi connectivity index (χ4n) is 2.73. The quantitative estimate of drug-likeness (QED) is 0.568. The van der Waals surface area contributed by atoms with Crippen LogP contribution in [0.1, 0.15) is 34.8 Å². The average molecular weight is 285 g/mol. The van der Waals surface area contributed by atoms with E-state index in [0.717, 1.165) is 23.3 Å². The molecule has 0 saturated heterocycles. The normalized spacial score (nSPS) is 12.8. The van der Waals surface area contributed by atoms with Crippen molar-refractivity contribution in [2.75, 3.05) is 0 Å². The molecule has 1 heterocycles. The molecule has 3 aromatic rings. The Balaban J connectivity index is 2.17. The Hall–Kier alpha value is -1.73. The number of rotatable bonds is 3. The lowest BCUT2D eigenvalue weighted by molar-refractivity contribution is 0.512. The molecule has 3 rings (SSSR count). The molecule has 0 saturated carbocycles. The Bertz CT molecular complexity index is 742. The van der Waals surface area contributed by atoms with Gasteiger partial charge in [0.25, 0.3) is 0 Å². The third kappa shape index (κ3) is 2.12. The van der Waals surface area contributed by atoms with E-state index in [-0.39, 0.29) is 5.38 Å². The van der Waals surface area contributed by atoms with E-state index in [4.69, 9.17) is 16.0 Å². The minimum Gasteiger partial charge on any atom is -0.469 e. The zero-order valence-electron chi connectivity index (χ0n) is 11.7. The summed E-state index contributed by atoms with van der Waals surface area (Å²) in [7, 11) is 0. The number of halogens is 1. The van der Waals surface area contributed by atoms with E-state index in [0.29, 0.717) is 0 Å². The number of furan rings is 1. The molecular formula is C18H17ClO. The van der Waals surface area contributed by atoms with Crippen molar-refractivity contribution in [3.63, 3.8) is 0 Å². The molecule has 0 amide bonds. The summed E-state index contributed by atoms with van der Waals surface area (Å²) in [6.07, 6.45) is 2.58. The summed E-state index contributed by atoms with van der Waals surface area (Å²) in [5.41, 5.74) is 3.49. The monoisotopic (exact) mass is 284 g/mol. The van der Waals surface area contributed by atoms with Gasteiger partial charge in [0.15, 0.2) is 0 Å². The predicted molar refractivity (Wildman–Crippen MR) is 84.5 cm³/mol. The van der Waals surface area contributed by atoms with Crippen LogP contribution in [0.2, 0.25) is 0 Å². The molecule has 20 heavy (non-hydrogen) atoms. The van der Waals surface area contributed by atoms with E-state index in [1.807, 2.05) is 6.07 Å². The third-order valence-corrected chi connectivity index (χ3v) is 4.29. The fraction of sp³-hybridized carbons (Fsp3) is 0.222. The van der Waals surface area contributed by atoms with Crippen LogP contribution in [0.3, 0.4) is 0 Å². The molecule has 0 aliphatic heterocycles. The number of fused-ring (bicyclic) bond motifs is 1. The topological polar surface area (TPSA) is 13.1 Å². The van der Waals surface area contributed by atoms with Crippen molar-refractivity contribution in [2.24, 2.45) is 0 Å². The molecule has 0 aliphatic rings. The summed E-state index contributed by atoms with van der Waals surface area (Å²) in [6.45, 7) is 4.21. The summed E-state index contributed by atoms with van der Waals surface area (Å²) in [5.74, 6) is 0.967. The van der Waals surface area contributed by atoms with Gasteiger partial charge in [-0.15, -0.1) is 11.6 Å². The standard InChI is InChI=1S/C18H17ClO/c1-3-17-16(10-11-20-17)18(19)15-9-8-12(2)13-6-4-5-7-14(13)15/h4-11,18H,3H2,1-2H3. The molecule has 0 aliphatic carbocycles. The number of hydrogen-bond donors (Lipinski definition) is 0. The molecule has 0 spiro atoms. The van der Waals surface area contributed by atoms with Gasteiger partial charge in [0.1, 0.15) is 5.76 Å². The molecule has 1 unspecified atom stereocenters. The highest BCUT2D eigenvalue weighted by Gasteiger charge is 2.18. The van der Waals surface area contributed by atoms with Crippen LogP contribution in [-0.2, 0) is 6.42 Å². The zero-order chi connectivity index (χ0) is 14.1. The van der Waals surface area contributed by atoms with Crippen molar-refractivity contribution in [1.29, 1.82) is 0 Å². The van der Waals surface area contributed by atoms with Gasteiger partial charge in [-0.05, 0) is 34.9 Å². The van der Waals surface area contributed by atoms with Gasteiger partial charge in [-0.25, -0.2) is 0 Å². The lowest BCUT2D eigenvalue weighted by Gasteiger charge is -2.14. The average Bonchev–Trinajstić information content (AvgIpc) is 2.96. The van der Waals surface area contributed by atoms with Gasteiger partial charge in [-0.1, -0.05) is 43.3 Å². The molecule has 0 bridgehead atoms. The highest BCUT2D eigenvalue weighted by atomic mass is 35.5. The van der Waals surface area contributed by atoms with Crippen LogP contribution in [-0.4, -0.2) is 0 Å². The van der Waals surface area contributed by atoms with Crippen molar-refractivity contribution in [3.05, 3.63) is 71.2 Å². The maximum absolute atomic E-state index is 6.73. The summed E-state index contributed by atoms with van der Waals surface area (Å²) in [4.78, 5) is 0. The minimum atomic E-state index is -0.172. The van der Waals surface area contributed by atoms with Gasteiger partial charge >= 0.3 is 0 Å². The van der Waals surface area contributed by atoms with Crippen molar-refractivity contribution in [2.45, 2.75) is 25.6 Å². The van der Waals surface area contributed by atoms with Gasteiger partial charge in [0, 0.05) is 12.0 Å². The van der Waals surface area contributed by atoms with Gasteiger partial charge in [0.05, 0.1) is 11.6 Å². The first-order valence-corrected chi connectivity index (χ1v) is 7.34. The SMILES string of the molecule is CCc1occc1C(Cl)c1ccc(C)c2ccccc12. The number of alkyl halides is 1. The second-order valence-electron chi connectivity index (χ2n) is 5.03. The summed E-state index contributed by atoms with van der Waals surface area (Å²) >= 11 is 6.73. The highest BCUT2D eigenvalue weighted by molar-refractivity contribution is 6.23. The largest absolute Gasteiger partial charge is 0.469 e. The first-order valence-electron chi connectivity index (χ1n) is 6.91. The van der Waals surface area contributed by atoms with Crippen LogP contribution in [0.15, 0.2) is 53.1 Å². The second kappa shape index (κ2) is 5.34. The van der Waals surface area contributed by atoms with E-state index < -0.39 is 0 Å². The lowest BCUT2D eigenvalue weighted by Crippen LogP contribution is -1.97.